The summed E-state index contributed by atoms with van der Waals surface area (Å²) in [6.07, 6.45) is 5.31. The fraction of sp³-hybridized carbons (Fsp3) is 0.179. The van der Waals surface area contributed by atoms with Gasteiger partial charge in [0.25, 0.3) is 0 Å². The minimum Gasteiger partial charge on any atom is -0.481 e. The third-order valence-corrected chi connectivity index (χ3v) is 5.30. The Morgan fingerprint density at radius 3 is 2.45 bits per heavy atom. The Labute approximate surface area is 192 Å². The lowest BCUT2D eigenvalue weighted by atomic mass is 9.86. The molecule has 0 N–H and O–H groups in total. The summed E-state index contributed by atoms with van der Waals surface area (Å²) >= 11 is 0. The number of carbonyl (C=O) groups excluding carboxylic acids is 1. The highest BCUT2D eigenvalue weighted by atomic mass is 19.1. The largest absolute Gasteiger partial charge is 0.481 e. The molecule has 0 saturated heterocycles. The Kier molecular flexibility index (Phi) is 5.93. The minimum absolute atomic E-state index is 0.000270. The fourth-order valence-corrected chi connectivity index (χ4v) is 3.53. The van der Waals surface area contributed by atoms with Crippen LogP contribution in [0.15, 0.2) is 66.7 Å². The van der Waals surface area contributed by atoms with Crippen LogP contribution in [0.5, 0.6) is 5.75 Å². The summed E-state index contributed by atoms with van der Waals surface area (Å²) in [7, 11) is 0. The first kappa shape index (κ1) is 22.2. The fourth-order valence-electron chi connectivity index (χ4n) is 3.53. The normalized spacial score (nSPS) is 11.2. The van der Waals surface area contributed by atoms with E-state index in [-0.39, 0.29) is 23.4 Å². The lowest BCUT2D eigenvalue weighted by molar-refractivity contribution is 0.102. The highest BCUT2D eigenvalue weighted by Crippen LogP contribution is 2.31. The Balaban J connectivity index is 1.88. The molecule has 33 heavy (non-hydrogen) atoms. The van der Waals surface area contributed by atoms with Crippen LogP contribution in [0.1, 0.15) is 42.5 Å². The number of carbonyl (C=O) groups is 1. The van der Waals surface area contributed by atoms with E-state index in [0.29, 0.717) is 17.0 Å². The summed E-state index contributed by atoms with van der Waals surface area (Å²) in [6.45, 7) is 6.57. The molecule has 0 aliphatic heterocycles. The number of ether oxygens (including phenoxy) is 1. The van der Waals surface area contributed by atoms with Crippen molar-refractivity contribution in [3.8, 4) is 29.4 Å². The zero-order chi connectivity index (χ0) is 23.6. The van der Waals surface area contributed by atoms with E-state index in [1.54, 1.807) is 18.2 Å². The molecule has 0 amide bonds. The van der Waals surface area contributed by atoms with Gasteiger partial charge in [-0.05, 0) is 41.3 Å². The van der Waals surface area contributed by atoms with Gasteiger partial charge in [0.1, 0.15) is 18.2 Å². The maximum absolute atomic E-state index is 13.7. The molecule has 0 bridgehead atoms. The summed E-state index contributed by atoms with van der Waals surface area (Å²) in [6, 6.07) is 18.9. The van der Waals surface area contributed by atoms with E-state index in [1.165, 1.54) is 23.8 Å². The van der Waals surface area contributed by atoms with Crippen molar-refractivity contribution in [3.05, 3.63) is 89.5 Å². The van der Waals surface area contributed by atoms with Crippen LogP contribution in [-0.4, -0.2) is 22.4 Å². The Bertz CT molecular complexity index is 1380. The van der Waals surface area contributed by atoms with Gasteiger partial charge in [-0.15, -0.1) is 6.42 Å². The van der Waals surface area contributed by atoms with E-state index in [4.69, 9.17) is 11.2 Å². The van der Waals surface area contributed by atoms with E-state index in [1.807, 2.05) is 18.2 Å². The first-order valence-electron chi connectivity index (χ1n) is 10.6. The predicted octanol–water partition coefficient (Wildman–Crippen LogP) is 5.98. The second kappa shape index (κ2) is 8.84. The second-order valence-electron chi connectivity index (χ2n) is 8.73. The van der Waals surface area contributed by atoms with Gasteiger partial charge in [-0.25, -0.2) is 14.4 Å². The molecule has 3 aromatic carbocycles. The Hall–Kier alpha value is -4.04. The van der Waals surface area contributed by atoms with Crippen LogP contribution in [-0.2, 0) is 5.41 Å². The number of ketones is 1. The topological polar surface area (TPSA) is 52.1 Å². The molecular weight excluding hydrogens is 415 g/mol. The van der Waals surface area contributed by atoms with E-state index in [0.717, 1.165) is 10.9 Å². The Morgan fingerprint density at radius 2 is 1.79 bits per heavy atom. The lowest BCUT2D eigenvalue weighted by Gasteiger charge is -2.19. The van der Waals surface area contributed by atoms with Crippen molar-refractivity contribution in [3.63, 3.8) is 0 Å². The quantitative estimate of drug-likeness (QED) is 0.284. The van der Waals surface area contributed by atoms with Crippen LogP contribution in [0.3, 0.4) is 0 Å². The van der Waals surface area contributed by atoms with Gasteiger partial charge in [-0.2, -0.15) is 0 Å². The first-order chi connectivity index (χ1) is 15.8. The summed E-state index contributed by atoms with van der Waals surface area (Å²) < 4.78 is 19.3. The van der Waals surface area contributed by atoms with Gasteiger partial charge < -0.3 is 4.74 Å². The van der Waals surface area contributed by atoms with Crippen LogP contribution < -0.4 is 4.74 Å². The summed E-state index contributed by atoms with van der Waals surface area (Å²) in [5.74, 6) is 2.09. The summed E-state index contributed by atoms with van der Waals surface area (Å²) in [5.41, 5.74) is 3.37. The van der Waals surface area contributed by atoms with Crippen LogP contribution in [0, 0.1) is 18.2 Å². The number of aromatic nitrogens is 2. The van der Waals surface area contributed by atoms with Gasteiger partial charge in [0, 0.05) is 16.5 Å². The van der Waals surface area contributed by atoms with Crippen LogP contribution in [0.2, 0.25) is 0 Å². The molecule has 0 unspecified atom stereocenters. The number of benzene rings is 3. The smallest absolute Gasteiger partial charge is 0.230 e. The molecule has 1 heterocycles. The summed E-state index contributed by atoms with van der Waals surface area (Å²) in [5, 5.41) is 0.726. The molecule has 0 atom stereocenters. The van der Waals surface area contributed by atoms with Crippen molar-refractivity contribution < 1.29 is 13.9 Å². The van der Waals surface area contributed by atoms with Crippen LogP contribution in [0.4, 0.5) is 4.39 Å². The molecule has 0 fully saturated rings. The molecule has 4 aromatic rings. The molecule has 0 radical (unpaired) electrons. The third-order valence-electron chi connectivity index (χ3n) is 5.30. The van der Waals surface area contributed by atoms with E-state index >= 15 is 0 Å². The first-order valence-corrected chi connectivity index (χ1v) is 10.6. The number of halogens is 1. The van der Waals surface area contributed by atoms with Crippen molar-refractivity contribution >= 4 is 16.7 Å². The monoisotopic (exact) mass is 438 g/mol. The maximum atomic E-state index is 13.7. The molecule has 4 nitrogen and oxygen atoms in total. The van der Waals surface area contributed by atoms with Gasteiger partial charge in [-0.3, -0.25) is 4.79 Å². The number of hydrogen-bond acceptors (Lipinski definition) is 4. The van der Waals surface area contributed by atoms with Crippen LogP contribution >= 0.6 is 0 Å². The van der Waals surface area contributed by atoms with Crippen molar-refractivity contribution in [2.45, 2.75) is 26.2 Å². The maximum Gasteiger partial charge on any atom is 0.230 e. The zero-order valence-electron chi connectivity index (χ0n) is 18.7. The lowest BCUT2D eigenvalue weighted by Crippen LogP contribution is -2.11. The number of rotatable bonds is 5. The van der Waals surface area contributed by atoms with Crippen molar-refractivity contribution in [1.29, 1.82) is 0 Å². The number of nitrogens with zero attached hydrogens (tertiary/aromatic N) is 2. The Morgan fingerprint density at radius 1 is 1.03 bits per heavy atom. The van der Waals surface area contributed by atoms with Crippen LogP contribution in [0.25, 0.3) is 22.2 Å². The molecule has 164 valence electrons. The highest BCUT2D eigenvalue weighted by Gasteiger charge is 2.19. The second-order valence-corrected chi connectivity index (χ2v) is 8.73. The molecular formula is C28H23FN2O2. The number of fused-ring (bicyclic) bond motifs is 1. The SMILES string of the molecule is C#CCOc1ccc2nc(C(=O)c3cccc(F)c3)nc(-c3ccc(C(C)(C)C)cc3)c2c1. The average molecular weight is 439 g/mol. The average Bonchev–Trinajstić information content (AvgIpc) is 2.81. The van der Waals surface area contributed by atoms with Gasteiger partial charge in [-0.1, -0.05) is 63.1 Å². The highest BCUT2D eigenvalue weighted by molar-refractivity contribution is 6.08. The van der Waals surface area contributed by atoms with Crippen molar-refractivity contribution in [2.24, 2.45) is 0 Å². The van der Waals surface area contributed by atoms with E-state index in [2.05, 4.69) is 48.8 Å². The van der Waals surface area contributed by atoms with Gasteiger partial charge in [0.2, 0.25) is 11.6 Å². The number of terminal acetylenes is 1. The predicted molar refractivity (Wildman–Crippen MR) is 128 cm³/mol. The van der Waals surface area contributed by atoms with Gasteiger partial charge in [0.05, 0.1) is 11.2 Å². The molecule has 4 rings (SSSR count). The molecule has 0 saturated carbocycles. The van der Waals surface area contributed by atoms with Gasteiger partial charge >= 0.3 is 0 Å². The molecule has 0 aliphatic rings. The van der Waals surface area contributed by atoms with Crippen molar-refractivity contribution in [2.75, 3.05) is 6.61 Å². The van der Waals surface area contributed by atoms with Crippen molar-refractivity contribution in [1.82, 2.24) is 9.97 Å². The van der Waals surface area contributed by atoms with E-state index in [9.17, 15) is 9.18 Å². The third kappa shape index (κ3) is 4.75. The zero-order valence-corrected chi connectivity index (χ0v) is 18.7. The number of hydrogen-bond donors (Lipinski definition) is 0. The molecule has 1 aromatic heterocycles. The molecule has 0 aliphatic carbocycles. The molecule has 5 heteroatoms. The van der Waals surface area contributed by atoms with E-state index < -0.39 is 11.6 Å². The minimum atomic E-state index is -0.491. The summed E-state index contributed by atoms with van der Waals surface area (Å²) in [4.78, 5) is 22.2. The molecule has 0 spiro atoms. The standard InChI is InChI=1S/C28H23FN2O2/c1-5-15-33-22-13-14-24-23(17-22)25(18-9-11-20(12-10-18)28(2,3)4)31-27(30-24)26(32)19-7-6-8-21(29)16-19/h1,6-14,16-17H,15H2,2-4H3. The van der Waals surface area contributed by atoms with Gasteiger partial charge in [0.15, 0.2) is 0 Å².